The van der Waals surface area contributed by atoms with Crippen molar-refractivity contribution in [1.82, 2.24) is 15.1 Å². The van der Waals surface area contributed by atoms with Crippen molar-refractivity contribution in [3.8, 4) is 0 Å². The summed E-state index contributed by atoms with van der Waals surface area (Å²) in [5, 5.41) is 16.1. The molecule has 2 rings (SSSR count). The number of nitrogens with one attached hydrogen (secondary N) is 1. The van der Waals surface area contributed by atoms with Crippen LogP contribution in [-0.4, -0.2) is 26.8 Å². The second-order valence-electron chi connectivity index (χ2n) is 4.75. The van der Waals surface area contributed by atoms with Gasteiger partial charge in [0.05, 0.1) is 11.3 Å². The molecular weight excluding hydrogens is 350 g/mol. The number of halogens is 1. The zero-order chi connectivity index (χ0) is 16.3. The normalized spacial score (nSPS) is 12.0. The Hall–Kier alpha value is -2.15. The van der Waals surface area contributed by atoms with Crippen molar-refractivity contribution in [2.45, 2.75) is 26.4 Å². The molecule has 1 aromatic carbocycles. The van der Waals surface area contributed by atoms with Gasteiger partial charge in [-0.2, -0.15) is 5.10 Å². The second-order valence-corrected chi connectivity index (χ2v) is 5.60. The predicted molar refractivity (Wildman–Crippen MR) is 84.6 cm³/mol. The summed E-state index contributed by atoms with van der Waals surface area (Å²) in [5.74, 6) is -1.58. The van der Waals surface area contributed by atoms with E-state index in [0.717, 1.165) is 0 Å². The molecule has 1 atom stereocenters. The first-order valence-corrected chi connectivity index (χ1v) is 7.55. The third kappa shape index (κ3) is 3.36. The molecule has 1 heterocycles. The van der Waals surface area contributed by atoms with Crippen molar-refractivity contribution in [1.29, 1.82) is 0 Å². The third-order valence-corrected chi connectivity index (χ3v) is 3.98. The average Bonchev–Trinajstić information content (AvgIpc) is 2.86. The van der Waals surface area contributed by atoms with Crippen LogP contribution in [0.15, 0.2) is 34.9 Å². The highest BCUT2D eigenvalue weighted by Gasteiger charge is 2.25. The average molecular weight is 366 g/mol. The van der Waals surface area contributed by atoms with Gasteiger partial charge in [0.1, 0.15) is 0 Å². The zero-order valence-electron chi connectivity index (χ0n) is 12.2. The zero-order valence-corrected chi connectivity index (χ0v) is 13.8. The van der Waals surface area contributed by atoms with E-state index in [1.165, 1.54) is 0 Å². The van der Waals surface area contributed by atoms with Gasteiger partial charge in [-0.25, -0.2) is 4.79 Å². The van der Waals surface area contributed by atoms with Crippen LogP contribution in [0.5, 0.6) is 0 Å². The van der Waals surface area contributed by atoms with Crippen molar-refractivity contribution in [3.63, 3.8) is 0 Å². The number of aryl methyl sites for hydroxylation is 2. The fraction of sp³-hybridized carbons (Fsp3) is 0.267. The monoisotopic (exact) mass is 365 g/mol. The number of hydrogen-bond acceptors (Lipinski definition) is 3. The molecule has 0 aliphatic heterocycles. The van der Waals surface area contributed by atoms with Crippen molar-refractivity contribution in [2.75, 3.05) is 0 Å². The Morgan fingerprint density at radius 1 is 1.41 bits per heavy atom. The number of carboxylic acids is 1. The van der Waals surface area contributed by atoms with Crippen LogP contribution in [-0.2, 0) is 11.3 Å². The molecule has 0 bridgehead atoms. The maximum absolute atomic E-state index is 12.4. The van der Waals surface area contributed by atoms with Crippen molar-refractivity contribution in [2.24, 2.45) is 0 Å². The number of carboxylic acid groups (broad SMARTS) is 1. The van der Waals surface area contributed by atoms with Crippen molar-refractivity contribution >= 4 is 27.8 Å². The summed E-state index contributed by atoms with van der Waals surface area (Å²) in [6, 6.07) is 5.77. The van der Waals surface area contributed by atoms with Gasteiger partial charge in [-0.05, 0) is 25.5 Å². The lowest BCUT2D eigenvalue weighted by molar-refractivity contribution is -0.139. The molecule has 1 unspecified atom stereocenters. The van der Waals surface area contributed by atoms with Gasteiger partial charge in [0.2, 0.25) is 0 Å². The molecule has 0 aliphatic carbocycles. The molecule has 116 valence electrons. The molecule has 1 amide bonds. The summed E-state index contributed by atoms with van der Waals surface area (Å²) < 4.78 is 2.27. The molecule has 2 aromatic rings. The van der Waals surface area contributed by atoms with E-state index in [4.69, 9.17) is 0 Å². The Balaban J connectivity index is 2.28. The van der Waals surface area contributed by atoms with Crippen LogP contribution in [0.25, 0.3) is 0 Å². The number of hydrogen-bond donors (Lipinski definition) is 2. The van der Waals surface area contributed by atoms with Gasteiger partial charge < -0.3 is 10.4 Å². The minimum Gasteiger partial charge on any atom is -0.479 e. The number of carbonyl (C=O) groups is 2. The van der Waals surface area contributed by atoms with Crippen LogP contribution in [0, 0.1) is 6.92 Å². The summed E-state index contributed by atoms with van der Waals surface area (Å²) >= 11 is 3.31. The predicted octanol–water partition coefficient (Wildman–Crippen LogP) is 2.53. The Bertz CT molecular complexity index is 712. The highest BCUT2D eigenvalue weighted by molar-refractivity contribution is 9.10. The number of aliphatic carboxylic acids is 1. The number of carbonyl (C=O) groups excluding carboxylic acids is 1. The Kier molecular flexibility index (Phi) is 4.97. The van der Waals surface area contributed by atoms with Crippen LogP contribution in [0.4, 0.5) is 0 Å². The molecule has 0 aliphatic rings. The molecule has 1 aromatic heterocycles. The van der Waals surface area contributed by atoms with E-state index in [-0.39, 0.29) is 0 Å². The first-order valence-electron chi connectivity index (χ1n) is 6.76. The molecule has 0 radical (unpaired) electrons. The lowest BCUT2D eigenvalue weighted by Crippen LogP contribution is -2.34. The molecule has 2 N–H and O–H groups in total. The van der Waals surface area contributed by atoms with Gasteiger partial charge in [-0.15, -0.1) is 0 Å². The Labute approximate surface area is 136 Å². The van der Waals surface area contributed by atoms with Crippen LogP contribution in [0.1, 0.15) is 34.6 Å². The maximum Gasteiger partial charge on any atom is 0.330 e. The minimum atomic E-state index is -1.13. The van der Waals surface area contributed by atoms with E-state index in [0.29, 0.717) is 27.8 Å². The number of nitrogens with zero attached hydrogens (tertiary/aromatic N) is 2. The standard InChI is InChI=1S/C15H16BrN3O3/c1-3-19-8-11(9(2)18-19)14(20)17-13(15(21)22)10-6-4-5-7-12(10)16/h4-8,13H,3H2,1-2H3,(H,17,20)(H,21,22). The largest absolute Gasteiger partial charge is 0.479 e. The molecule has 0 spiro atoms. The summed E-state index contributed by atoms with van der Waals surface area (Å²) in [6.07, 6.45) is 1.61. The van der Waals surface area contributed by atoms with Gasteiger partial charge in [0.15, 0.2) is 6.04 Å². The fourth-order valence-electron chi connectivity index (χ4n) is 2.09. The summed E-state index contributed by atoms with van der Waals surface area (Å²) in [5.41, 5.74) is 1.43. The SMILES string of the molecule is CCn1cc(C(=O)NC(C(=O)O)c2ccccc2Br)c(C)n1. The summed E-state index contributed by atoms with van der Waals surface area (Å²) in [6.45, 7) is 4.27. The summed E-state index contributed by atoms with van der Waals surface area (Å²) in [4.78, 5) is 23.9. The molecule has 7 heteroatoms. The van der Waals surface area contributed by atoms with Crippen molar-refractivity contribution < 1.29 is 14.7 Å². The van der Waals surface area contributed by atoms with Gasteiger partial charge in [-0.1, -0.05) is 34.1 Å². The van der Waals surface area contributed by atoms with Gasteiger partial charge in [0.25, 0.3) is 5.91 Å². The van der Waals surface area contributed by atoms with E-state index >= 15 is 0 Å². The first kappa shape index (κ1) is 16.2. The number of amides is 1. The first-order chi connectivity index (χ1) is 10.4. The number of rotatable bonds is 5. The van der Waals surface area contributed by atoms with Crippen molar-refractivity contribution in [3.05, 3.63) is 51.8 Å². The third-order valence-electron chi connectivity index (χ3n) is 3.25. The Morgan fingerprint density at radius 3 is 2.64 bits per heavy atom. The topological polar surface area (TPSA) is 84.2 Å². The summed E-state index contributed by atoms with van der Waals surface area (Å²) in [7, 11) is 0. The number of aromatic nitrogens is 2. The van der Waals surface area contributed by atoms with E-state index in [2.05, 4.69) is 26.3 Å². The van der Waals surface area contributed by atoms with Crippen LogP contribution in [0.3, 0.4) is 0 Å². The molecule has 0 fully saturated rings. The lowest BCUT2D eigenvalue weighted by Gasteiger charge is -2.16. The fourth-order valence-corrected chi connectivity index (χ4v) is 2.61. The molecule has 6 nitrogen and oxygen atoms in total. The minimum absolute atomic E-state index is 0.375. The molecule has 22 heavy (non-hydrogen) atoms. The van der Waals surface area contributed by atoms with Crippen LogP contribution < -0.4 is 5.32 Å². The smallest absolute Gasteiger partial charge is 0.330 e. The molecular formula is C15H16BrN3O3. The molecule has 0 saturated carbocycles. The van der Waals surface area contributed by atoms with Gasteiger partial charge >= 0.3 is 5.97 Å². The van der Waals surface area contributed by atoms with E-state index in [1.807, 2.05) is 6.92 Å². The van der Waals surface area contributed by atoms with Crippen LogP contribution in [0.2, 0.25) is 0 Å². The van der Waals surface area contributed by atoms with Crippen LogP contribution >= 0.6 is 15.9 Å². The quantitative estimate of drug-likeness (QED) is 0.852. The van der Waals surface area contributed by atoms with E-state index in [9.17, 15) is 14.7 Å². The lowest BCUT2D eigenvalue weighted by atomic mass is 10.1. The Morgan fingerprint density at radius 2 is 2.09 bits per heavy atom. The second kappa shape index (κ2) is 6.74. The highest BCUT2D eigenvalue weighted by atomic mass is 79.9. The van der Waals surface area contributed by atoms with Gasteiger partial charge in [-0.3, -0.25) is 9.48 Å². The highest BCUT2D eigenvalue weighted by Crippen LogP contribution is 2.24. The molecule has 0 saturated heterocycles. The maximum atomic E-state index is 12.4. The van der Waals surface area contributed by atoms with E-state index < -0.39 is 17.9 Å². The number of benzene rings is 1. The van der Waals surface area contributed by atoms with E-state index in [1.54, 1.807) is 42.1 Å². The van der Waals surface area contributed by atoms with Gasteiger partial charge in [0, 0.05) is 17.2 Å².